The summed E-state index contributed by atoms with van der Waals surface area (Å²) in [6.45, 7) is 0.749. The number of halogens is 1. The van der Waals surface area contributed by atoms with Crippen molar-refractivity contribution < 1.29 is 4.39 Å². The molecule has 0 bridgehead atoms. The standard InChI is InChI=1S/C14H16FN3S/c1-18-9-12(8-17-18)19-14-5-2-10(6-13(14)15)7-16-11-3-4-11/h2,5-6,8-9,11,16H,3-4,7H2,1H3. The monoisotopic (exact) mass is 277 g/mol. The molecule has 1 fully saturated rings. The number of aromatic nitrogens is 2. The summed E-state index contributed by atoms with van der Waals surface area (Å²) in [5, 5.41) is 7.46. The third-order valence-corrected chi connectivity index (χ3v) is 4.08. The smallest absolute Gasteiger partial charge is 0.137 e. The van der Waals surface area contributed by atoms with Crippen LogP contribution in [0.25, 0.3) is 0 Å². The van der Waals surface area contributed by atoms with Crippen LogP contribution in [0.5, 0.6) is 0 Å². The van der Waals surface area contributed by atoms with Gasteiger partial charge in [-0.05, 0) is 30.5 Å². The van der Waals surface area contributed by atoms with Gasteiger partial charge in [0.15, 0.2) is 0 Å². The molecule has 3 rings (SSSR count). The van der Waals surface area contributed by atoms with Crippen molar-refractivity contribution in [3.05, 3.63) is 42.0 Å². The fourth-order valence-electron chi connectivity index (χ4n) is 1.87. The summed E-state index contributed by atoms with van der Waals surface area (Å²) in [7, 11) is 1.85. The van der Waals surface area contributed by atoms with Crippen LogP contribution in [0.4, 0.5) is 4.39 Å². The summed E-state index contributed by atoms with van der Waals surface area (Å²) in [5.74, 6) is -0.163. The molecule has 0 aliphatic heterocycles. The number of nitrogens with zero attached hydrogens (tertiary/aromatic N) is 2. The Morgan fingerprint density at radius 1 is 1.47 bits per heavy atom. The zero-order valence-corrected chi connectivity index (χ0v) is 11.6. The molecule has 0 radical (unpaired) electrons. The van der Waals surface area contributed by atoms with Crippen molar-refractivity contribution in [2.75, 3.05) is 0 Å². The lowest BCUT2D eigenvalue weighted by Crippen LogP contribution is -2.15. The lowest BCUT2D eigenvalue weighted by atomic mass is 10.2. The third kappa shape index (κ3) is 3.36. The molecule has 100 valence electrons. The molecule has 1 aromatic carbocycles. The average molecular weight is 277 g/mol. The third-order valence-electron chi connectivity index (χ3n) is 3.08. The van der Waals surface area contributed by atoms with Crippen molar-refractivity contribution in [2.24, 2.45) is 7.05 Å². The van der Waals surface area contributed by atoms with E-state index in [9.17, 15) is 4.39 Å². The largest absolute Gasteiger partial charge is 0.310 e. The van der Waals surface area contributed by atoms with E-state index in [1.54, 1.807) is 16.9 Å². The Balaban J connectivity index is 1.67. The van der Waals surface area contributed by atoms with Gasteiger partial charge in [0.1, 0.15) is 5.82 Å². The van der Waals surface area contributed by atoms with E-state index in [1.807, 2.05) is 25.4 Å². The second-order valence-electron chi connectivity index (χ2n) is 4.87. The predicted molar refractivity (Wildman–Crippen MR) is 73.6 cm³/mol. The van der Waals surface area contributed by atoms with Gasteiger partial charge in [0.05, 0.1) is 11.1 Å². The number of rotatable bonds is 5. The molecular formula is C14H16FN3S. The lowest BCUT2D eigenvalue weighted by Gasteiger charge is -2.06. The van der Waals surface area contributed by atoms with Gasteiger partial charge in [0, 0.05) is 30.7 Å². The molecule has 0 spiro atoms. The minimum absolute atomic E-state index is 0.163. The highest BCUT2D eigenvalue weighted by atomic mass is 32.2. The molecule has 0 atom stereocenters. The Morgan fingerprint density at radius 3 is 2.95 bits per heavy atom. The molecule has 5 heteroatoms. The molecule has 1 saturated carbocycles. The van der Waals surface area contributed by atoms with E-state index in [1.165, 1.54) is 24.6 Å². The summed E-state index contributed by atoms with van der Waals surface area (Å²) in [4.78, 5) is 1.59. The Labute approximate surface area is 116 Å². The van der Waals surface area contributed by atoms with Gasteiger partial charge in [-0.25, -0.2) is 4.39 Å². The molecule has 0 unspecified atom stereocenters. The quantitative estimate of drug-likeness (QED) is 0.911. The zero-order chi connectivity index (χ0) is 13.2. The molecule has 0 amide bonds. The molecule has 2 aromatic rings. The van der Waals surface area contributed by atoms with E-state index < -0.39 is 0 Å². The fraction of sp³-hybridized carbons (Fsp3) is 0.357. The minimum Gasteiger partial charge on any atom is -0.310 e. The van der Waals surface area contributed by atoms with Crippen molar-refractivity contribution in [1.82, 2.24) is 15.1 Å². The first-order valence-electron chi connectivity index (χ1n) is 6.39. The van der Waals surface area contributed by atoms with Gasteiger partial charge >= 0.3 is 0 Å². The Morgan fingerprint density at radius 2 is 2.32 bits per heavy atom. The van der Waals surface area contributed by atoms with E-state index in [-0.39, 0.29) is 5.82 Å². The summed E-state index contributed by atoms with van der Waals surface area (Å²) >= 11 is 1.40. The van der Waals surface area contributed by atoms with Crippen molar-refractivity contribution in [3.63, 3.8) is 0 Å². The van der Waals surface area contributed by atoms with Crippen LogP contribution in [-0.4, -0.2) is 15.8 Å². The number of hydrogen-bond acceptors (Lipinski definition) is 3. The molecular weight excluding hydrogens is 261 g/mol. The molecule has 3 nitrogen and oxygen atoms in total. The van der Waals surface area contributed by atoms with E-state index >= 15 is 0 Å². The van der Waals surface area contributed by atoms with Crippen LogP contribution in [0.2, 0.25) is 0 Å². The van der Waals surface area contributed by atoms with Crippen LogP contribution in [0.3, 0.4) is 0 Å². The van der Waals surface area contributed by atoms with Gasteiger partial charge < -0.3 is 5.32 Å². The Bertz CT molecular complexity index is 578. The summed E-state index contributed by atoms with van der Waals surface area (Å²) < 4.78 is 15.7. The first kappa shape index (κ1) is 12.7. The van der Waals surface area contributed by atoms with Crippen LogP contribution < -0.4 is 5.32 Å². The topological polar surface area (TPSA) is 29.9 Å². The van der Waals surface area contributed by atoms with Gasteiger partial charge in [-0.15, -0.1) is 0 Å². The number of aryl methyl sites for hydroxylation is 1. The second kappa shape index (κ2) is 5.35. The Hall–Kier alpha value is -1.33. The summed E-state index contributed by atoms with van der Waals surface area (Å²) in [5.41, 5.74) is 1.000. The fourth-order valence-corrected chi connectivity index (χ4v) is 2.72. The van der Waals surface area contributed by atoms with E-state index in [0.717, 1.165) is 17.0 Å². The highest BCUT2D eigenvalue weighted by Crippen LogP contribution is 2.30. The van der Waals surface area contributed by atoms with Crippen molar-refractivity contribution in [3.8, 4) is 0 Å². The average Bonchev–Trinajstić information content (AvgIpc) is 3.13. The zero-order valence-electron chi connectivity index (χ0n) is 10.8. The first-order chi connectivity index (χ1) is 9.20. The lowest BCUT2D eigenvalue weighted by molar-refractivity contribution is 0.595. The van der Waals surface area contributed by atoms with Gasteiger partial charge in [0.2, 0.25) is 0 Å². The maximum atomic E-state index is 14.0. The van der Waals surface area contributed by atoms with E-state index in [4.69, 9.17) is 0 Å². The summed E-state index contributed by atoms with van der Waals surface area (Å²) in [6, 6.07) is 6.09. The maximum absolute atomic E-state index is 14.0. The van der Waals surface area contributed by atoms with Crippen molar-refractivity contribution in [2.45, 2.75) is 35.2 Å². The van der Waals surface area contributed by atoms with Crippen LogP contribution in [-0.2, 0) is 13.6 Å². The van der Waals surface area contributed by atoms with Crippen LogP contribution in [0.15, 0.2) is 40.4 Å². The minimum atomic E-state index is -0.163. The maximum Gasteiger partial charge on any atom is 0.137 e. The van der Waals surface area contributed by atoms with Gasteiger partial charge in [-0.3, -0.25) is 4.68 Å². The van der Waals surface area contributed by atoms with Gasteiger partial charge in [-0.2, -0.15) is 5.10 Å². The van der Waals surface area contributed by atoms with Crippen molar-refractivity contribution >= 4 is 11.8 Å². The second-order valence-corrected chi connectivity index (χ2v) is 5.99. The molecule has 1 N–H and O–H groups in total. The SMILES string of the molecule is Cn1cc(Sc2ccc(CNC3CC3)cc2F)cn1. The Kier molecular flexibility index (Phi) is 3.57. The number of hydrogen-bond donors (Lipinski definition) is 1. The van der Waals surface area contributed by atoms with Crippen LogP contribution >= 0.6 is 11.8 Å². The van der Waals surface area contributed by atoms with E-state index in [0.29, 0.717) is 10.9 Å². The van der Waals surface area contributed by atoms with Gasteiger partial charge in [0.25, 0.3) is 0 Å². The molecule has 1 aliphatic carbocycles. The highest BCUT2D eigenvalue weighted by molar-refractivity contribution is 7.99. The molecule has 19 heavy (non-hydrogen) atoms. The first-order valence-corrected chi connectivity index (χ1v) is 7.21. The number of benzene rings is 1. The van der Waals surface area contributed by atoms with Gasteiger partial charge in [-0.1, -0.05) is 17.8 Å². The van der Waals surface area contributed by atoms with E-state index in [2.05, 4.69) is 10.4 Å². The molecule has 1 aromatic heterocycles. The molecule has 0 saturated heterocycles. The predicted octanol–water partition coefficient (Wildman–Crippen LogP) is 2.96. The van der Waals surface area contributed by atoms with Crippen LogP contribution in [0, 0.1) is 5.82 Å². The van der Waals surface area contributed by atoms with Crippen LogP contribution in [0.1, 0.15) is 18.4 Å². The highest BCUT2D eigenvalue weighted by Gasteiger charge is 2.20. The molecule has 1 aliphatic rings. The molecule has 1 heterocycles. The normalized spacial score (nSPS) is 14.8. The van der Waals surface area contributed by atoms with Crippen molar-refractivity contribution in [1.29, 1.82) is 0 Å². The number of nitrogens with one attached hydrogen (secondary N) is 1. The summed E-state index contributed by atoms with van der Waals surface area (Å²) in [6.07, 6.45) is 6.12.